The number of benzene rings is 2. The first kappa shape index (κ1) is 18.7. The number of carbonyl (C=O) groups excluding carboxylic acids is 1. The van der Waals surface area contributed by atoms with Gasteiger partial charge in [0.05, 0.1) is 12.0 Å². The van der Waals surface area contributed by atoms with E-state index in [0.717, 1.165) is 12.1 Å². The van der Waals surface area contributed by atoms with Gasteiger partial charge in [0, 0.05) is 25.5 Å². The standard InChI is InChI=1S/C20H20FNO5S/c1-20-11-16(15-9-6-13(26-3)10-17(15)27-20)18(19(23)22(20)2)28(24,25)14-7-4-12(21)5-8-14/h4-10,16,18H,11H2,1-3H3. The highest BCUT2D eigenvalue weighted by Gasteiger charge is 2.57. The predicted octanol–water partition coefficient (Wildman–Crippen LogP) is 2.73. The lowest BCUT2D eigenvalue weighted by Crippen LogP contribution is -2.64. The van der Waals surface area contributed by atoms with Gasteiger partial charge in [-0.15, -0.1) is 0 Å². The predicted molar refractivity (Wildman–Crippen MR) is 99.5 cm³/mol. The second kappa shape index (κ2) is 6.20. The van der Waals surface area contributed by atoms with Crippen LogP contribution in [0.25, 0.3) is 0 Å². The van der Waals surface area contributed by atoms with Crippen LogP contribution in [0.2, 0.25) is 0 Å². The van der Waals surface area contributed by atoms with Crippen molar-refractivity contribution in [1.82, 2.24) is 4.90 Å². The van der Waals surface area contributed by atoms with Gasteiger partial charge in [-0.2, -0.15) is 0 Å². The number of rotatable bonds is 3. The van der Waals surface area contributed by atoms with Crippen LogP contribution in [0.5, 0.6) is 11.5 Å². The van der Waals surface area contributed by atoms with Gasteiger partial charge in [0.25, 0.3) is 0 Å². The van der Waals surface area contributed by atoms with Crippen LogP contribution in [0.15, 0.2) is 47.4 Å². The summed E-state index contributed by atoms with van der Waals surface area (Å²) in [6.07, 6.45) is 0.333. The van der Waals surface area contributed by atoms with Crippen LogP contribution in [0.4, 0.5) is 4.39 Å². The molecule has 3 unspecified atom stereocenters. The molecule has 1 amide bonds. The number of nitrogens with zero attached hydrogens (tertiary/aromatic N) is 1. The van der Waals surface area contributed by atoms with Gasteiger partial charge in [0.2, 0.25) is 5.91 Å². The van der Waals surface area contributed by atoms with Crippen LogP contribution in [-0.4, -0.2) is 44.4 Å². The molecule has 0 spiro atoms. The van der Waals surface area contributed by atoms with Crippen molar-refractivity contribution in [2.75, 3.05) is 14.2 Å². The number of halogens is 1. The molecule has 6 nitrogen and oxygen atoms in total. The highest BCUT2D eigenvalue weighted by atomic mass is 32.2. The fourth-order valence-corrected chi connectivity index (χ4v) is 5.93. The fraction of sp³-hybridized carbons (Fsp3) is 0.350. The first-order chi connectivity index (χ1) is 13.2. The lowest BCUT2D eigenvalue weighted by Gasteiger charge is -2.51. The molecular weight excluding hydrogens is 385 g/mol. The number of hydrogen-bond acceptors (Lipinski definition) is 5. The molecule has 28 heavy (non-hydrogen) atoms. The lowest BCUT2D eigenvalue weighted by molar-refractivity contribution is -0.159. The molecule has 0 aliphatic carbocycles. The summed E-state index contributed by atoms with van der Waals surface area (Å²) in [6, 6.07) is 9.71. The molecule has 0 aromatic heterocycles. The second-order valence-corrected chi connectivity index (χ2v) is 9.38. The summed E-state index contributed by atoms with van der Waals surface area (Å²) in [7, 11) is -0.971. The van der Waals surface area contributed by atoms with Gasteiger partial charge in [-0.3, -0.25) is 4.79 Å². The molecule has 8 heteroatoms. The van der Waals surface area contributed by atoms with Crippen molar-refractivity contribution in [1.29, 1.82) is 0 Å². The average molecular weight is 405 g/mol. The Morgan fingerprint density at radius 3 is 2.54 bits per heavy atom. The molecule has 2 aliphatic rings. The van der Waals surface area contributed by atoms with E-state index in [9.17, 15) is 17.6 Å². The Labute approximate surface area is 162 Å². The van der Waals surface area contributed by atoms with Gasteiger partial charge >= 0.3 is 0 Å². The maximum absolute atomic E-state index is 13.4. The zero-order valence-electron chi connectivity index (χ0n) is 15.7. The molecule has 2 aliphatic heterocycles. The molecule has 0 saturated carbocycles. The first-order valence-electron chi connectivity index (χ1n) is 8.81. The third-order valence-electron chi connectivity index (χ3n) is 5.67. The summed E-state index contributed by atoms with van der Waals surface area (Å²) in [4.78, 5) is 14.4. The van der Waals surface area contributed by atoms with Gasteiger partial charge in [-0.1, -0.05) is 6.07 Å². The van der Waals surface area contributed by atoms with Gasteiger partial charge in [-0.25, -0.2) is 12.8 Å². The maximum Gasteiger partial charge on any atom is 0.244 e. The molecule has 2 heterocycles. The molecule has 3 atom stereocenters. The summed E-state index contributed by atoms with van der Waals surface area (Å²) in [5.74, 6) is -0.587. The number of fused-ring (bicyclic) bond motifs is 4. The molecule has 2 aromatic rings. The van der Waals surface area contributed by atoms with Crippen LogP contribution in [0, 0.1) is 5.82 Å². The van der Waals surface area contributed by atoms with Gasteiger partial charge in [0.1, 0.15) is 17.3 Å². The lowest BCUT2D eigenvalue weighted by atomic mass is 9.80. The molecule has 0 radical (unpaired) electrons. The van der Waals surface area contributed by atoms with E-state index in [0.29, 0.717) is 23.5 Å². The van der Waals surface area contributed by atoms with Crippen LogP contribution >= 0.6 is 0 Å². The molecule has 4 rings (SSSR count). The van der Waals surface area contributed by atoms with Crippen molar-refractivity contribution in [3.05, 3.63) is 53.8 Å². The van der Waals surface area contributed by atoms with Gasteiger partial charge in [-0.05, 0) is 42.8 Å². The second-order valence-electron chi connectivity index (χ2n) is 7.31. The Balaban J connectivity index is 1.88. The van der Waals surface area contributed by atoms with Crippen molar-refractivity contribution in [2.24, 2.45) is 0 Å². The van der Waals surface area contributed by atoms with E-state index in [1.54, 1.807) is 25.1 Å². The van der Waals surface area contributed by atoms with E-state index in [4.69, 9.17) is 9.47 Å². The summed E-state index contributed by atoms with van der Waals surface area (Å²) in [5, 5.41) is -1.31. The third-order valence-corrected chi connectivity index (χ3v) is 7.80. The number of sulfone groups is 1. The molecular formula is C20H20FNO5S. The molecule has 148 valence electrons. The molecule has 2 bridgehead atoms. The van der Waals surface area contributed by atoms with Crippen molar-refractivity contribution in [2.45, 2.75) is 35.1 Å². The number of methoxy groups -OCH3 is 1. The average Bonchev–Trinajstić information content (AvgIpc) is 2.66. The third kappa shape index (κ3) is 2.66. The smallest absolute Gasteiger partial charge is 0.244 e. The zero-order chi connectivity index (χ0) is 20.3. The summed E-state index contributed by atoms with van der Waals surface area (Å²) in [5.41, 5.74) is -0.314. The minimum atomic E-state index is -4.04. The van der Waals surface area contributed by atoms with E-state index in [2.05, 4.69) is 0 Å². The van der Waals surface area contributed by atoms with E-state index in [1.807, 2.05) is 0 Å². The van der Waals surface area contributed by atoms with Crippen LogP contribution in [0.1, 0.15) is 24.8 Å². The summed E-state index contributed by atoms with van der Waals surface area (Å²) < 4.78 is 51.3. The number of amides is 1. The topological polar surface area (TPSA) is 72.9 Å². The molecule has 1 saturated heterocycles. The quantitative estimate of drug-likeness (QED) is 0.735. The first-order valence-corrected chi connectivity index (χ1v) is 10.4. The van der Waals surface area contributed by atoms with E-state index in [-0.39, 0.29) is 4.90 Å². The number of likely N-dealkylation sites (tertiary alicyclic amines) is 1. The highest BCUT2D eigenvalue weighted by molar-refractivity contribution is 7.92. The number of ether oxygens (including phenoxy) is 2. The van der Waals surface area contributed by atoms with Gasteiger partial charge in [0.15, 0.2) is 20.8 Å². The number of carbonyl (C=O) groups is 1. The van der Waals surface area contributed by atoms with Crippen molar-refractivity contribution < 1.29 is 27.1 Å². The van der Waals surface area contributed by atoms with Crippen molar-refractivity contribution >= 4 is 15.7 Å². The summed E-state index contributed by atoms with van der Waals surface area (Å²) in [6.45, 7) is 1.76. The minimum absolute atomic E-state index is 0.0780. The Morgan fingerprint density at radius 2 is 1.89 bits per heavy atom. The number of piperidine rings is 1. The van der Waals surface area contributed by atoms with Gasteiger partial charge < -0.3 is 14.4 Å². The number of hydrogen-bond donors (Lipinski definition) is 0. The summed E-state index contributed by atoms with van der Waals surface area (Å²) >= 11 is 0. The van der Waals surface area contributed by atoms with E-state index >= 15 is 0 Å². The normalized spacial score (nSPS) is 26.4. The Kier molecular flexibility index (Phi) is 4.15. The highest BCUT2D eigenvalue weighted by Crippen LogP contribution is 2.50. The molecule has 1 fully saturated rings. The molecule has 0 N–H and O–H groups in total. The monoisotopic (exact) mass is 405 g/mol. The Morgan fingerprint density at radius 1 is 1.21 bits per heavy atom. The largest absolute Gasteiger partial charge is 0.497 e. The van der Waals surface area contributed by atoms with Crippen molar-refractivity contribution in [3.8, 4) is 11.5 Å². The van der Waals surface area contributed by atoms with Crippen LogP contribution < -0.4 is 9.47 Å². The zero-order valence-corrected chi connectivity index (χ0v) is 16.5. The van der Waals surface area contributed by atoms with Crippen LogP contribution in [-0.2, 0) is 14.6 Å². The Bertz CT molecular complexity index is 1050. The Hall–Kier alpha value is -2.61. The van der Waals surface area contributed by atoms with Crippen molar-refractivity contribution in [3.63, 3.8) is 0 Å². The SMILES string of the molecule is COc1ccc2c(c1)OC1(C)CC2C(S(=O)(=O)c2ccc(F)cc2)C(=O)N1C. The maximum atomic E-state index is 13.4. The van der Waals surface area contributed by atoms with Crippen LogP contribution in [0.3, 0.4) is 0 Å². The van der Waals surface area contributed by atoms with E-state index in [1.165, 1.54) is 31.2 Å². The fourth-order valence-electron chi connectivity index (χ4n) is 4.02. The minimum Gasteiger partial charge on any atom is -0.497 e. The molecule has 2 aromatic carbocycles. The van der Waals surface area contributed by atoms with E-state index < -0.39 is 38.5 Å².